The number of allylic oxidation sites excluding steroid dienone is 1. The van der Waals surface area contributed by atoms with E-state index < -0.39 is 0 Å². The van der Waals surface area contributed by atoms with E-state index in [1.54, 1.807) is 21.3 Å². The Kier molecular flexibility index (Phi) is 7.11. The second-order valence-electron chi connectivity index (χ2n) is 5.89. The predicted octanol–water partition coefficient (Wildman–Crippen LogP) is 3.84. The molecule has 0 heterocycles. The van der Waals surface area contributed by atoms with E-state index in [1.165, 1.54) is 7.11 Å². The average molecular weight is 370 g/mol. The molecule has 0 aliphatic rings. The molecule has 0 radical (unpaired) electrons. The third-order valence-electron chi connectivity index (χ3n) is 3.99. The quantitative estimate of drug-likeness (QED) is 0.522. The number of rotatable bonds is 8. The van der Waals surface area contributed by atoms with Gasteiger partial charge in [-0.1, -0.05) is 23.4 Å². The van der Waals surface area contributed by atoms with Gasteiger partial charge in [0.2, 0.25) is 5.75 Å². The summed E-state index contributed by atoms with van der Waals surface area (Å²) < 4.78 is 16.2. The van der Waals surface area contributed by atoms with Gasteiger partial charge >= 0.3 is 0 Å². The van der Waals surface area contributed by atoms with E-state index in [1.807, 2.05) is 50.5 Å². The molecule has 2 rings (SSSR count). The van der Waals surface area contributed by atoms with E-state index in [0.717, 1.165) is 16.8 Å². The summed E-state index contributed by atoms with van der Waals surface area (Å²) in [4.78, 5) is 7.07. The first-order chi connectivity index (χ1) is 13.0. The summed E-state index contributed by atoms with van der Waals surface area (Å²) in [6.07, 6.45) is 3.86. The molecule has 0 spiro atoms. The molecule has 0 saturated heterocycles. The maximum Gasteiger partial charge on any atom is 0.203 e. The van der Waals surface area contributed by atoms with Gasteiger partial charge in [0.05, 0.1) is 21.3 Å². The Hall–Kier alpha value is -3.15. The standard InChI is InChI=1S/C21H26N2O4/c1-23(2)17-10-7-15(8-11-17)9-12-18(22-27-6)16-13-19(24-3)21(26-5)20(14-16)25-4/h7-14H,1-6H3/b12-9+,22-18+. The second kappa shape index (κ2) is 9.52. The third-order valence-corrected chi connectivity index (χ3v) is 3.99. The number of methoxy groups -OCH3 is 3. The molecule has 6 nitrogen and oxygen atoms in total. The van der Waals surface area contributed by atoms with Gasteiger partial charge in [0.15, 0.2) is 11.5 Å². The van der Waals surface area contributed by atoms with Gasteiger partial charge in [-0.15, -0.1) is 0 Å². The molecule has 0 N–H and O–H groups in total. The van der Waals surface area contributed by atoms with Gasteiger partial charge in [-0.05, 0) is 35.9 Å². The van der Waals surface area contributed by atoms with E-state index >= 15 is 0 Å². The zero-order valence-corrected chi connectivity index (χ0v) is 16.6. The molecule has 2 aromatic rings. The van der Waals surface area contributed by atoms with E-state index in [0.29, 0.717) is 23.0 Å². The van der Waals surface area contributed by atoms with Crippen molar-refractivity contribution in [3.63, 3.8) is 0 Å². The van der Waals surface area contributed by atoms with E-state index in [9.17, 15) is 0 Å². The Labute approximate surface area is 160 Å². The number of oxime groups is 1. The Bertz CT molecular complexity index is 786. The second-order valence-corrected chi connectivity index (χ2v) is 5.89. The van der Waals surface area contributed by atoms with Gasteiger partial charge in [0.1, 0.15) is 12.8 Å². The number of hydrogen-bond acceptors (Lipinski definition) is 6. The maximum absolute atomic E-state index is 5.42. The molecule has 6 heteroatoms. The lowest BCUT2D eigenvalue weighted by Gasteiger charge is -2.14. The first-order valence-electron chi connectivity index (χ1n) is 8.41. The Morgan fingerprint density at radius 1 is 0.889 bits per heavy atom. The van der Waals surface area contributed by atoms with Crippen LogP contribution in [-0.4, -0.2) is 48.2 Å². The van der Waals surface area contributed by atoms with Crippen LogP contribution in [0.15, 0.2) is 47.6 Å². The van der Waals surface area contributed by atoms with Crippen LogP contribution >= 0.6 is 0 Å². The highest BCUT2D eigenvalue weighted by Gasteiger charge is 2.15. The van der Waals surface area contributed by atoms with Gasteiger partial charge in [-0.3, -0.25) is 0 Å². The Balaban J connectivity index is 2.38. The molecule has 0 atom stereocenters. The van der Waals surface area contributed by atoms with Crippen LogP contribution in [0.1, 0.15) is 11.1 Å². The van der Waals surface area contributed by atoms with E-state index in [2.05, 4.69) is 22.2 Å². The first-order valence-corrected chi connectivity index (χ1v) is 8.41. The Morgan fingerprint density at radius 2 is 1.48 bits per heavy atom. The minimum Gasteiger partial charge on any atom is -0.493 e. The zero-order chi connectivity index (χ0) is 19.8. The fourth-order valence-electron chi connectivity index (χ4n) is 2.57. The molecule has 0 saturated carbocycles. The molecule has 0 aliphatic carbocycles. The summed E-state index contributed by atoms with van der Waals surface area (Å²) in [6.45, 7) is 0. The number of benzene rings is 2. The van der Waals surface area contributed by atoms with Crippen LogP contribution in [0.4, 0.5) is 5.69 Å². The highest BCUT2D eigenvalue weighted by molar-refractivity contribution is 6.11. The van der Waals surface area contributed by atoms with Gasteiger partial charge in [-0.25, -0.2) is 0 Å². The van der Waals surface area contributed by atoms with Gasteiger partial charge in [0.25, 0.3) is 0 Å². The van der Waals surface area contributed by atoms with Gasteiger partial charge in [0, 0.05) is 25.3 Å². The first kappa shape index (κ1) is 20.2. The van der Waals surface area contributed by atoms with Gasteiger partial charge < -0.3 is 23.9 Å². The van der Waals surface area contributed by atoms with Crippen molar-refractivity contribution < 1.29 is 19.0 Å². The molecule has 0 aliphatic heterocycles. The molecule has 27 heavy (non-hydrogen) atoms. The van der Waals surface area contributed by atoms with Crippen molar-refractivity contribution in [1.29, 1.82) is 0 Å². The maximum atomic E-state index is 5.42. The smallest absolute Gasteiger partial charge is 0.203 e. The monoisotopic (exact) mass is 370 g/mol. The molecule has 0 fully saturated rings. The molecule has 2 aromatic carbocycles. The summed E-state index contributed by atoms with van der Waals surface area (Å²) in [6, 6.07) is 11.9. The van der Waals surface area contributed by atoms with E-state index in [-0.39, 0.29) is 0 Å². The van der Waals surface area contributed by atoms with Crippen LogP contribution < -0.4 is 19.1 Å². The van der Waals surface area contributed by atoms with Crippen LogP contribution in [0.3, 0.4) is 0 Å². The lowest BCUT2D eigenvalue weighted by molar-refractivity contribution is 0.214. The van der Waals surface area contributed by atoms with Crippen molar-refractivity contribution in [3.8, 4) is 17.2 Å². The molecule has 0 aromatic heterocycles. The Morgan fingerprint density at radius 3 is 1.93 bits per heavy atom. The molecule has 0 bridgehead atoms. The van der Waals surface area contributed by atoms with Crippen LogP contribution in [0.25, 0.3) is 6.08 Å². The van der Waals surface area contributed by atoms with Crippen LogP contribution in [0.5, 0.6) is 17.2 Å². The molecule has 0 unspecified atom stereocenters. The van der Waals surface area contributed by atoms with Crippen molar-refractivity contribution in [2.75, 3.05) is 47.4 Å². The molecule has 0 amide bonds. The number of ether oxygens (including phenoxy) is 3. The molecular weight excluding hydrogens is 344 g/mol. The molecular formula is C21H26N2O4. The lowest BCUT2D eigenvalue weighted by atomic mass is 10.1. The van der Waals surface area contributed by atoms with Crippen LogP contribution in [0, 0.1) is 0 Å². The summed E-state index contributed by atoms with van der Waals surface area (Å²) >= 11 is 0. The van der Waals surface area contributed by atoms with Crippen molar-refractivity contribution in [2.45, 2.75) is 0 Å². The predicted molar refractivity (Wildman–Crippen MR) is 109 cm³/mol. The minimum atomic E-state index is 0.531. The van der Waals surface area contributed by atoms with Crippen molar-refractivity contribution in [2.24, 2.45) is 5.16 Å². The molecule has 144 valence electrons. The fraction of sp³-hybridized carbons (Fsp3) is 0.286. The largest absolute Gasteiger partial charge is 0.493 e. The summed E-state index contributed by atoms with van der Waals surface area (Å²) in [7, 11) is 10.3. The van der Waals surface area contributed by atoms with Crippen molar-refractivity contribution in [1.82, 2.24) is 0 Å². The normalized spacial score (nSPS) is 11.4. The average Bonchev–Trinajstić information content (AvgIpc) is 2.70. The zero-order valence-electron chi connectivity index (χ0n) is 16.6. The SMILES string of the molecule is CO/N=C(\C=C\c1ccc(N(C)C)cc1)c1cc(OC)c(OC)c(OC)c1. The fourth-order valence-corrected chi connectivity index (χ4v) is 2.57. The number of nitrogens with zero attached hydrogens (tertiary/aromatic N) is 2. The van der Waals surface area contributed by atoms with Crippen LogP contribution in [0.2, 0.25) is 0 Å². The van der Waals surface area contributed by atoms with Crippen molar-refractivity contribution in [3.05, 3.63) is 53.6 Å². The number of hydrogen-bond donors (Lipinski definition) is 0. The lowest BCUT2D eigenvalue weighted by Crippen LogP contribution is -2.07. The van der Waals surface area contributed by atoms with Gasteiger partial charge in [-0.2, -0.15) is 0 Å². The highest BCUT2D eigenvalue weighted by Crippen LogP contribution is 2.38. The summed E-state index contributed by atoms with van der Waals surface area (Å²) in [5.41, 5.74) is 3.61. The van der Waals surface area contributed by atoms with Crippen LogP contribution in [-0.2, 0) is 4.84 Å². The minimum absolute atomic E-state index is 0.531. The summed E-state index contributed by atoms with van der Waals surface area (Å²) in [5, 5.41) is 4.13. The number of anilines is 1. The summed E-state index contributed by atoms with van der Waals surface area (Å²) in [5.74, 6) is 1.64. The van der Waals surface area contributed by atoms with E-state index in [4.69, 9.17) is 19.0 Å². The third kappa shape index (κ3) is 4.94. The van der Waals surface area contributed by atoms with Crippen molar-refractivity contribution >= 4 is 17.5 Å². The topological polar surface area (TPSA) is 52.5 Å². The highest BCUT2D eigenvalue weighted by atomic mass is 16.6.